The van der Waals surface area contributed by atoms with Crippen LogP contribution in [0.2, 0.25) is 0 Å². The van der Waals surface area contributed by atoms with Crippen LogP contribution in [0.15, 0.2) is 97.7 Å². The Morgan fingerprint density at radius 1 is 0.432 bits per heavy atom. The van der Waals surface area contributed by atoms with Gasteiger partial charge in [-0.25, -0.2) is 19.9 Å². The minimum absolute atomic E-state index is 0.0539. The van der Waals surface area contributed by atoms with E-state index in [4.69, 9.17) is 42.9 Å². The lowest BCUT2D eigenvalue weighted by Gasteiger charge is -2.32. The minimum Gasteiger partial charge on any atom is -0.405 e. The number of aryl methyl sites for hydroxylation is 3. The summed E-state index contributed by atoms with van der Waals surface area (Å²) in [6, 6.07) is 25.4. The fourth-order valence-corrected chi connectivity index (χ4v) is 13.3. The van der Waals surface area contributed by atoms with Crippen molar-refractivity contribution in [2.75, 3.05) is 0 Å². The van der Waals surface area contributed by atoms with E-state index in [1.807, 2.05) is 170 Å². The highest BCUT2D eigenvalue weighted by atomic mass is 79.9. The van der Waals surface area contributed by atoms with Crippen molar-refractivity contribution in [2.45, 2.75) is 216 Å². The van der Waals surface area contributed by atoms with Gasteiger partial charge in [0.15, 0.2) is 0 Å². The van der Waals surface area contributed by atoms with Crippen molar-refractivity contribution in [3.05, 3.63) is 132 Å². The summed E-state index contributed by atoms with van der Waals surface area (Å²) in [4.78, 5) is 57.4. The van der Waals surface area contributed by atoms with Gasteiger partial charge in [-0.1, -0.05) is 81.7 Å². The van der Waals surface area contributed by atoms with E-state index >= 15 is 0 Å². The molecule has 4 aromatic heterocycles. The summed E-state index contributed by atoms with van der Waals surface area (Å²) >= 11 is 5.09. The van der Waals surface area contributed by atoms with Gasteiger partial charge in [0.25, 0.3) is 16.7 Å². The predicted molar refractivity (Wildman–Crippen MR) is 359 cm³/mol. The molecule has 0 aliphatic carbocycles. The summed E-state index contributed by atoms with van der Waals surface area (Å²) in [6.07, 6.45) is 5.75. The molecule has 3 saturated heterocycles. The number of benzene rings is 4. The van der Waals surface area contributed by atoms with Crippen LogP contribution in [-0.2, 0) is 66.8 Å². The predicted octanol–water partition coefficient (Wildman–Crippen LogP) is 12.7. The SMILES string of the molecule is CC1(C)CCc2nc3cc(-c4nc5ccccc5s4)ccc3c(=O)n2C1.CC1(C)CCc2nc3cc(B4OC(C)(C)C(C)(C)O4)ccc3c(=O)n2C1.CC1(C)CCc2nc3cc(Br)ccc3c(=O)n2C1.CC1(C)OB(B2OC(C)(C)C(C)(C)O2)OC1(C)C. The summed E-state index contributed by atoms with van der Waals surface area (Å²) < 4.78 is 43.8. The van der Waals surface area contributed by atoms with Gasteiger partial charge in [-0.05, 0) is 179 Å². The fraction of sp³-hybridized carbons (Fsp3) is 0.537. The molecule has 4 aromatic carbocycles. The zero-order valence-electron chi connectivity index (χ0n) is 54.7. The van der Waals surface area contributed by atoms with Gasteiger partial charge in [0.2, 0.25) is 0 Å². The number of para-hydroxylation sites is 1. The monoisotopic (exact) mass is 1280 g/mol. The standard InChI is InChI=1S/C21H19N3OS.C20H27BN2O3.C14H15BrN2O.C12H24B2O4/c1-21(2)10-9-18-22-16-11-13(7-8-14(16)20(25)24(18)12-21)19-23-15-5-3-4-6-17(15)26-19;1-18(2)10-9-16-22-15-11-13(7-8-14(15)17(24)23(16)12-18)21-25-19(3,4)20(5,6)26-21;1-14(2)6-5-12-16-11-7-9(15)3-4-10(11)13(18)17(12)8-14;1-9(2)10(3,4)16-13(15-9)14-17-11(5,6)12(7,8)18-14/h3-8,11H,9-10,12H2,1-2H3;7-8,11H,9-10,12H2,1-6H3;3-4,7H,5-6,8H2,1-2H3;1-8H3. The molecule has 8 aromatic rings. The van der Waals surface area contributed by atoms with Gasteiger partial charge in [-0.2, -0.15) is 0 Å². The number of aromatic nitrogens is 7. The molecule has 0 amide bonds. The molecule has 0 spiro atoms. The van der Waals surface area contributed by atoms with Crippen molar-refractivity contribution in [3.8, 4) is 10.6 Å². The van der Waals surface area contributed by atoms with Crippen molar-refractivity contribution >= 4 is 96.8 Å². The van der Waals surface area contributed by atoms with Gasteiger partial charge in [0, 0.05) is 48.9 Å². The smallest absolute Gasteiger partial charge is 0.405 e. The summed E-state index contributed by atoms with van der Waals surface area (Å²) in [5, 5.41) is 3.02. The highest BCUT2D eigenvalue weighted by molar-refractivity contribution is 9.10. The van der Waals surface area contributed by atoms with Gasteiger partial charge in [-0.3, -0.25) is 28.1 Å². The van der Waals surface area contributed by atoms with E-state index in [2.05, 4.69) is 68.5 Å². The lowest BCUT2D eigenvalue weighted by atomic mass is 9.49. The van der Waals surface area contributed by atoms with Gasteiger partial charge in [-0.15, -0.1) is 11.3 Å². The van der Waals surface area contributed by atoms with Crippen molar-refractivity contribution < 1.29 is 27.9 Å². The Morgan fingerprint density at radius 2 is 0.807 bits per heavy atom. The first-order valence-corrected chi connectivity index (χ1v) is 32.6. The van der Waals surface area contributed by atoms with Crippen LogP contribution in [0.25, 0.3) is 53.5 Å². The van der Waals surface area contributed by atoms with Crippen LogP contribution in [0, 0.1) is 16.2 Å². The number of rotatable bonds is 3. The largest absolute Gasteiger partial charge is 0.494 e. The summed E-state index contributed by atoms with van der Waals surface area (Å²) in [7, 11) is -1.39. The van der Waals surface area contributed by atoms with Crippen molar-refractivity contribution in [3.63, 3.8) is 0 Å². The Kier molecular flexibility index (Phi) is 16.4. The summed E-state index contributed by atoms with van der Waals surface area (Å²) in [5.74, 6) is 2.71. The van der Waals surface area contributed by atoms with E-state index in [1.165, 1.54) is 4.70 Å². The van der Waals surface area contributed by atoms with E-state index < -0.39 is 21.1 Å². The molecule has 6 aliphatic heterocycles. The molecule has 0 bridgehead atoms. The molecule has 0 radical (unpaired) electrons. The third-order valence-electron chi connectivity index (χ3n) is 19.8. The molecular formula is C67H85B3BrN7O9S. The molecule has 16 nitrogen and oxygen atoms in total. The molecule has 14 rings (SSSR count). The maximum absolute atomic E-state index is 13.0. The van der Waals surface area contributed by atoms with Gasteiger partial charge >= 0.3 is 21.1 Å². The van der Waals surface area contributed by atoms with Crippen molar-refractivity contribution in [1.29, 1.82) is 0 Å². The number of thiazole rings is 1. The molecule has 6 aliphatic rings. The van der Waals surface area contributed by atoms with E-state index in [-0.39, 0.29) is 66.5 Å². The zero-order chi connectivity index (χ0) is 63.7. The molecule has 0 saturated carbocycles. The first kappa shape index (κ1) is 64.2. The second kappa shape index (κ2) is 22.5. The van der Waals surface area contributed by atoms with Gasteiger partial charge < -0.3 is 27.9 Å². The number of nitrogens with zero attached hydrogens (tertiary/aromatic N) is 7. The average Bonchev–Trinajstić information content (AvgIpc) is 1.75. The highest BCUT2D eigenvalue weighted by Crippen LogP contribution is 2.44. The molecule has 464 valence electrons. The Labute approximate surface area is 530 Å². The Bertz CT molecular complexity index is 4130. The normalized spacial score (nSPS) is 21.8. The third-order valence-corrected chi connectivity index (χ3v) is 21.3. The van der Waals surface area contributed by atoms with Gasteiger partial charge in [0.05, 0.1) is 76.5 Å². The molecule has 88 heavy (non-hydrogen) atoms. The van der Waals surface area contributed by atoms with E-state index in [1.54, 1.807) is 11.3 Å². The molecule has 3 fully saturated rings. The quantitative estimate of drug-likeness (QED) is 0.153. The number of fused-ring (bicyclic) bond motifs is 7. The second-order valence-electron chi connectivity index (χ2n) is 30.2. The highest BCUT2D eigenvalue weighted by Gasteiger charge is 2.64. The lowest BCUT2D eigenvalue weighted by Crippen LogP contribution is -2.41. The summed E-state index contributed by atoms with van der Waals surface area (Å²) in [6.45, 7) is 39.8. The van der Waals surface area contributed by atoms with Crippen LogP contribution in [-0.4, -0.2) is 88.4 Å². The zero-order valence-corrected chi connectivity index (χ0v) is 57.1. The Morgan fingerprint density at radius 3 is 1.24 bits per heavy atom. The molecular weight excluding hydrogens is 1190 g/mol. The first-order valence-electron chi connectivity index (χ1n) is 31.0. The number of hydrogen-bond donors (Lipinski definition) is 0. The maximum Gasteiger partial charge on any atom is 0.494 e. The Balaban J connectivity index is 0.000000123. The van der Waals surface area contributed by atoms with Crippen LogP contribution in [0.5, 0.6) is 0 Å². The van der Waals surface area contributed by atoms with E-state index in [0.717, 1.165) is 118 Å². The van der Waals surface area contributed by atoms with E-state index in [0.29, 0.717) is 16.2 Å². The van der Waals surface area contributed by atoms with Crippen molar-refractivity contribution in [2.24, 2.45) is 16.2 Å². The minimum atomic E-state index is -0.476. The fourth-order valence-electron chi connectivity index (χ4n) is 12.0. The first-order chi connectivity index (χ1) is 40.8. The molecule has 10 heterocycles. The molecule has 21 heteroatoms. The Hall–Kier alpha value is -5.38. The molecule has 0 unspecified atom stereocenters. The number of hydrogen-bond acceptors (Lipinski definition) is 14. The second-order valence-corrected chi connectivity index (χ2v) is 32.2. The third kappa shape index (κ3) is 12.5. The maximum atomic E-state index is 13.0. The van der Waals surface area contributed by atoms with Crippen LogP contribution < -0.4 is 22.1 Å². The average molecular weight is 1280 g/mol. The summed E-state index contributed by atoms with van der Waals surface area (Å²) in [5.41, 5.74) is 3.70. The molecule has 0 atom stereocenters. The van der Waals surface area contributed by atoms with Gasteiger partial charge in [0.1, 0.15) is 22.5 Å². The number of halogens is 1. The van der Waals surface area contributed by atoms with E-state index in [9.17, 15) is 14.4 Å². The topological polar surface area (TPSA) is 173 Å². The van der Waals surface area contributed by atoms with Crippen LogP contribution in [0.4, 0.5) is 0 Å². The van der Waals surface area contributed by atoms with Crippen LogP contribution in [0.3, 0.4) is 0 Å². The lowest BCUT2D eigenvalue weighted by molar-refractivity contribution is 0.00578. The van der Waals surface area contributed by atoms with Crippen molar-refractivity contribution in [1.82, 2.24) is 33.6 Å². The van der Waals surface area contributed by atoms with Crippen LogP contribution >= 0.6 is 27.3 Å². The van der Waals surface area contributed by atoms with Crippen LogP contribution in [0.1, 0.15) is 161 Å². The molecule has 0 N–H and O–H groups in total.